The van der Waals surface area contributed by atoms with Gasteiger partial charge in [0.25, 0.3) is 11.8 Å². The molecular formula is C21H26N4O5. The maximum absolute atomic E-state index is 12.3. The minimum Gasteiger partial charge on any atom is -0.391 e. The van der Waals surface area contributed by atoms with Crippen LogP contribution in [0.15, 0.2) is 48.5 Å². The number of aliphatic hydroxyl groups is 1. The Morgan fingerprint density at radius 2 is 1.50 bits per heavy atom. The minimum atomic E-state index is -1.28. The SMILES string of the molecule is CC(O)C(NC(=O)c1ccc(-c2ccc(NC(=O)CN(C)C)cc2)cc1)C(=O)NO. The third kappa shape index (κ3) is 6.38. The van der Waals surface area contributed by atoms with Gasteiger partial charge in [-0.25, -0.2) is 5.48 Å². The lowest BCUT2D eigenvalue weighted by molar-refractivity contribution is -0.133. The first kappa shape index (κ1) is 23.0. The van der Waals surface area contributed by atoms with E-state index in [1.165, 1.54) is 12.4 Å². The molecule has 0 saturated heterocycles. The molecule has 2 aromatic carbocycles. The molecule has 0 bridgehead atoms. The van der Waals surface area contributed by atoms with E-state index in [1.807, 2.05) is 26.2 Å². The standard InChI is InChI=1S/C21H26N4O5/c1-13(26)19(21(29)24-30)23-20(28)16-6-4-14(5-7-16)15-8-10-17(11-9-15)22-18(27)12-25(2)3/h4-11,13,19,26,30H,12H2,1-3H3,(H,22,27)(H,23,28)(H,24,29). The predicted molar refractivity (Wildman–Crippen MR) is 112 cm³/mol. The Hall–Kier alpha value is -3.27. The zero-order chi connectivity index (χ0) is 22.3. The third-order valence-electron chi connectivity index (χ3n) is 4.27. The number of carbonyl (C=O) groups excluding carboxylic acids is 3. The number of nitrogens with zero attached hydrogens (tertiary/aromatic N) is 1. The molecule has 0 heterocycles. The summed E-state index contributed by atoms with van der Waals surface area (Å²) >= 11 is 0. The van der Waals surface area contributed by atoms with Crippen LogP contribution >= 0.6 is 0 Å². The van der Waals surface area contributed by atoms with Crippen molar-refractivity contribution in [3.63, 3.8) is 0 Å². The van der Waals surface area contributed by atoms with E-state index in [2.05, 4.69) is 10.6 Å². The van der Waals surface area contributed by atoms with Gasteiger partial charge in [0, 0.05) is 11.3 Å². The molecule has 0 aromatic heterocycles. The van der Waals surface area contributed by atoms with Crippen LogP contribution in [-0.2, 0) is 9.59 Å². The number of benzene rings is 2. The first-order valence-electron chi connectivity index (χ1n) is 9.29. The molecular weight excluding hydrogens is 388 g/mol. The molecule has 0 aliphatic heterocycles. The van der Waals surface area contributed by atoms with Gasteiger partial charge in [-0.2, -0.15) is 0 Å². The van der Waals surface area contributed by atoms with Gasteiger partial charge in [0.05, 0.1) is 12.6 Å². The molecule has 2 rings (SSSR count). The second-order valence-electron chi connectivity index (χ2n) is 7.11. The van der Waals surface area contributed by atoms with Crippen LogP contribution in [0.2, 0.25) is 0 Å². The van der Waals surface area contributed by atoms with Gasteiger partial charge in [-0.15, -0.1) is 0 Å². The molecule has 5 N–H and O–H groups in total. The maximum atomic E-state index is 12.3. The molecule has 3 amide bonds. The highest BCUT2D eigenvalue weighted by Crippen LogP contribution is 2.22. The number of aliphatic hydroxyl groups excluding tert-OH is 1. The molecule has 30 heavy (non-hydrogen) atoms. The van der Waals surface area contributed by atoms with E-state index in [4.69, 9.17) is 5.21 Å². The number of anilines is 1. The summed E-state index contributed by atoms with van der Waals surface area (Å²) in [6.07, 6.45) is -1.18. The van der Waals surface area contributed by atoms with Crippen molar-refractivity contribution < 1.29 is 24.7 Å². The average molecular weight is 414 g/mol. The Morgan fingerprint density at radius 1 is 0.967 bits per heavy atom. The maximum Gasteiger partial charge on any atom is 0.268 e. The van der Waals surface area contributed by atoms with Crippen molar-refractivity contribution in [1.82, 2.24) is 15.7 Å². The number of hydrogen-bond acceptors (Lipinski definition) is 6. The quantitative estimate of drug-likeness (QED) is 0.321. The normalized spacial score (nSPS) is 12.7. The van der Waals surface area contributed by atoms with E-state index in [1.54, 1.807) is 41.3 Å². The lowest BCUT2D eigenvalue weighted by Crippen LogP contribution is -2.51. The van der Waals surface area contributed by atoms with Gasteiger partial charge in [0.15, 0.2) is 0 Å². The Morgan fingerprint density at radius 3 is 1.97 bits per heavy atom. The van der Waals surface area contributed by atoms with E-state index >= 15 is 0 Å². The third-order valence-corrected chi connectivity index (χ3v) is 4.27. The summed E-state index contributed by atoms with van der Waals surface area (Å²) in [6, 6.07) is 12.7. The van der Waals surface area contributed by atoms with Gasteiger partial charge < -0.3 is 20.6 Å². The van der Waals surface area contributed by atoms with Crippen LogP contribution in [0.4, 0.5) is 5.69 Å². The first-order valence-corrected chi connectivity index (χ1v) is 9.29. The zero-order valence-corrected chi connectivity index (χ0v) is 17.0. The topological polar surface area (TPSA) is 131 Å². The van der Waals surface area contributed by atoms with Crippen LogP contribution < -0.4 is 16.1 Å². The van der Waals surface area contributed by atoms with Crippen LogP contribution in [-0.4, -0.2) is 65.7 Å². The van der Waals surface area contributed by atoms with Crippen LogP contribution in [0.5, 0.6) is 0 Å². The smallest absolute Gasteiger partial charge is 0.268 e. The van der Waals surface area contributed by atoms with Gasteiger partial charge in [0.2, 0.25) is 5.91 Å². The highest BCUT2D eigenvalue weighted by Gasteiger charge is 2.25. The van der Waals surface area contributed by atoms with Gasteiger partial charge in [-0.3, -0.25) is 19.6 Å². The molecule has 0 aliphatic carbocycles. The van der Waals surface area contributed by atoms with Gasteiger partial charge in [-0.05, 0) is 56.4 Å². The Labute approximate surface area is 174 Å². The molecule has 0 radical (unpaired) electrons. The van der Waals surface area contributed by atoms with Crippen molar-refractivity contribution in [3.8, 4) is 11.1 Å². The van der Waals surface area contributed by atoms with Crippen molar-refractivity contribution in [1.29, 1.82) is 0 Å². The van der Waals surface area contributed by atoms with E-state index in [9.17, 15) is 19.5 Å². The number of carbonyl (C=O) groups is 3. The molecule has 9 nitrogen and oxygen atoms in total. The molecule has 0 saturated carbocycles. The molecule has 0 spiro atoms. The molecule has 2 atom stereocenters. The van der Waals surface area contributed by atoms with E-state index in [0.717, 1.165) is 11.1 Å². The number of likely N-dealkylation sites (N-methyl/N-ethyl adjacent to an activating group) is 1. The molecule has 160 valence electrons. The van der Waals surface area contributed by atoms with E-state index in [-0.39, 0.29) is 5.91 Å². The van der Waals surface area contributed by atoms with Crippen molar-refractivity contribution in [2.75, 3.05) is 26.0 Å². The Kier molecular flexibility index (Phi) is 8.05. The molecule has 0 fully saturated rings. The van der Waals surface area contributed by atoms with Gasteiger partial charge >= 0.3 is 0 Å². The molecule has 2 unspecified atom stereocenters. The summed E-state index contributed by atoms with van der Waals surface area (Å²) in [5.41, 5.74) is 4.16. The Bertz CT molecular complexity index is 879. The van der Waals surface area contributed by atoms with Crippen molar-refractivity contribution in [2.24, 2.45) is 0 Å². The monoisotopic (exact) mass is 414 g/mol. The van der Waals surface area contributed by atoms with Gasteiger partial charge in [0.1, 0.15) is 6.04 Å². The second-order valence-corrected chi connectivity index (χ2v) is 7.11. The number of amides is 3. The molecule has 0 aliphatic rings. The van der Waals surface area contributed by atoms with Crippen molar-refractivity contribution in [3.05, 3.63) is 54.1 Å². The van der Waals surface area contributed by atoms with Crippen LogP contribution in [0.25, 0.3) is 11.1 Å². The van der Waals surface area contributed by atoms with Crippen LogP contribution in [0.1, 0.15) is 17.3 Å². The lowest BCUT2D eigenvalue weighted by Gasteiger charge is -2.19. The fourth-order valence-corrected chi connectivity index (χ4v) is 2.75. The summed E-state index contributed by atoms with van der Waals surface area (Å²) in [7, 11) is 3.64. The van der Waals surface area contributed by atoms with E-state index in [0.29, 0.717) is 17.8 Å². The molecule has 9 heteroatoms. The highest BCUT2D eigenvalue weighted by atomic mass is 16.5. The number of hydrogen-bond donors (Lipinski definition) is 5. The van der Waals surface area contributed by atoms with Crippen molar-refractivity contribution >= 4 is 23.4 Å². The number of hydroxylamine groups is 1. The zero-order valence-electron chi connectivity index (χ0n) is 17.0. The molecule has 2 aromatic rings. The van der Waals surface area contributed by atoms with Crippen molar-refractivity contribution in [2.45, 2.75) is 19.1 Å². The number of nitrogens with one attached hydrogen (secondary N) is 3. The second kappa shape index (κ2) is 10.5. The number of rotatable bonds is 8. The lowest BCUT2D eigenvalue weighted by atomic mass is 10.0. The van der Waals surface area contributed by atoms with Crippen LogP contribution in [0.3, 0.4) is 0 Å². The highest BCUT2D eigenvalue weighted by molar-refractivity contribution is 5.98. The van der Waals surface area contributed by atoms with E-state index < -0.39 is 24.0 Å². The summed E-state index contributed by atoms with van der Waals surface area (Å²) < 4.78 is 0. The summed E-state index contributed by atoms with van der Waals surface area (Å²) in [4.78, 5) is 37.5. The minimum absolute atomic E-state index is 0.103. The first-order chi connectivity index (χ1) is 14.2. The summed E-state index contributed by atoms with van der Waals surface area (Å²) in [5, 5.41) is 23.5. The predicted octanol–water partition coefficient (Wildman–Crippen LogP) is 0.838. The summed E-state index contributed by atoms with van der Waals surface area (Å²) in [6.45, 7) is 1.62. The average Bonchev–Trinajstić information content (AvgIpc) is 2.71. The fraction of sp³-hybridized carbons (Fsp3) is 0.286. The summed E-state index contributed by atoms with van der Waals surface area (Å²) in [5.74, 6) is -1.57. The van der Waals surface area contributed by atoms with Crippen LogP contribution in [0, 0.1) is 0 Å². The fourth-order valence-electron chi connectivity index (χ4n) is 2.75. The largest absolute Gasteiger partial charge is 0.391 e. The van der Waals surface area contributed by atoms with Gasteiger partial charge in [-0.1, -0.05) is 24.3 Å². The Balaban J connectivity index is 2.05.